The Morgan fingerprint density at radius 3 is 1.55 bits per heavy atom. The number of hydrogen-bond donors (Lipinski definition) is 0. The Bertz CT molecular complexity index is 3510. The third-order valence-corrected chi connectivity index (χ3v) is 11.9. The van der Waals surface area contributed by atoms with E-state index >= 15 is 0 Å². The van der Waals surface area contributed by atoms with E-state index in [2.05, 4.69) is 215 Å². The molecule has 3 heterocycles. The van der Waals surface area contributed by atoms with Crippen molar-refractivity contribution in [3.05, 3.63) is 218 Å². The van der Waals surface area contributed by atoms with Gasteiger partial charge in [0.1, 0.15) is 0 Å². The van der Waals surface area contributed by atoms with Gasteiger partial charge in [-0.25, -0.2) is 9.97 Å². The molecule has 0 spiro atoms. The maximum absolute atomic E-state index is 5.24. The number of para-hydroxylation sites is 1. The number of rotatable bonds is 6. The van der Waals surface area contributed by atoms with Crippen molar-refractivity contribution < 1.29 is 0 Å². The quantitative estimate of drug-likeness (QED) is 0.169. The minimum absolute atomic E-state index is 0.685. The summed E-state index contributed by atoms with van der Waals surface area (Å²) in [5.74, 6) is 0.685. The van der Waals surface area contributed by atoms with E-state index in [0.29, 0.717) is 5.82 Å². The number of benzene rings is 9. The van der Waals surface area contributed by atoms with E-state index in [-0.39, 0.29) is 0 Å². The van der Waals surface area contributed by atoms with Crippen molar-refractivity contribution >= 4 is 54.4 Å². The second-order valence-electron chi connectivity index (χ2n) is 15.4. The predicted molar refractivity (Wildman–Crippen MR) is 250 cm³/mol. The van der Waals surface area contributed by atoms with Gasteiger partial charge in [0.25, 0.3) is 0 Å². The molecule has 4 nitrogen and oxygen atoms in total. The highest BCUT2D eigenvalue weighted by molar-refractivity contribution is 6.25. The van der Waals surface area contributed by atoms with Gasteiger partial charge >= 0.3 is 0 Å². The molecule has 0 aliphatic rings. The topological polar surface area (TPSA) is 35.6 Å². The highest BCUT2D eigenvalue weighted by atomic mass is 15.0. The van der Waals surface area contributed by atoms with Gasteiger partial charge in [-0.3, -0.25) is 0 Å². The van der Waals surface area contributed by atoms with Crippen LogP contribution in [0.25, 0.3) is 111 Å². The fraction of sp³-hybridized carbons (Fsp3) is 0. The van der Waals surface area contributed by atoms with Crippen LogP contribution in [-0.4, -0.2) is 19.1 Å². The summed E-state index contributed by atoms with van der Waals surface area (Å²) in [5, 5.41) is 7.29. The van der Waals surface area contributed by atoms with E-state index in [1.807, 2.05) is 12.1 Å². The fourth-order valence-electron chi connectivity index (χ4n) is 9.11. The molecule has 12 rings (SSSR count). The van der Waals surface area contributed by atoms with Gasteiger partial charge in [0.05, 0.1) is 33.5 Å². The largest absolute Gasteiger partial charge is 0.309 e. The Balaban J connectivity index is 1.18. The number of nitrogens with zero attached hydrogens (tertiary/aromatic N) is 4. The average molecular weight is 765 g/mol. The third kappa shape index (κ3) is 5.53. The minimum Gasteiger partial charge on any atom is -0.309 e. The molecule has 60 heavy (non-hydrogen) atoms. The second kappa shape index (κ2) is 13.8. The van der Waals surface area contributed by atoms with Crippen LogP contribution in [0.5, 0.6) is 0 Å². The van der Waals surface area contributed by atoms with E-state index < -0.39 is 0 Å². The lowest BCUT2D eigenvalue weighted by atomic mass is 10.0. The lowest BCUT2D eigenvalue weighted by molar-refractivity contribution is 1.17. The molecule has 0 aliphatic carbocycles. The van der Waals surface area contributed by atoms with Gasteiger partial charge in [0.15, 0.2) is 5.82 Å². The van der Waals surface area contributed by atoms with Crippen LogP contribution in [0.4, 0.5) is 0 Å². The average Bonchev–Trinajstić information content (AvgIpc) is 3.83. The molecule has 12 aromatic rings. The lowest BCUT2D eigenvalue weighted by Gasteiger charge is -2.12. The van der Waals surface area contributed by atoms with Gasteiger partial charge in [-0.05, 0) is 76.5 Å². The van der Waals surface area contributed by atoms with E-state index in [9.17, 15) is 0 Å². The molecule has 280 valence electrons. The molecule has 4 heteroatoms. The Labute approximate surface area is 346 Å². The molecule has 9 aromatic carbocycles. The van der Waals surface area contributed by atoms with Crippen LogP contribution in [0.3, 0.4) is 0 Å². The summed E-state index contributed by atoms with van der Waals surface area (Å²) >= 11 is 0. The maximum atomic E-state index is 5.24. The highest BCUT2D eigenvalue weighted by Crippen LogP contribution is 2.43. The Morgan fingerprint density at radius 2 is 0.833 bits per heavy atom. The number of aromatic nitrogens is 4. The zero-order valence-electron chi connectivity index (χ0n) is 32.6. The molecule has 0 amide bonds. The Morgan fingerprint density at radius 1 is 0.283 bits per heavy atom. The first-order chi connectivity index (χ1) is 29.7. The zero-order chi connectivity index (χ0) is 39.6. The summed E-state index contributed by atoms with van der Waals surface area (Å²) in [6, 6.07) is 78.0. The van der Waals surface area contributed by atoms with Crippen molar-refractivity contribution in [1.29, 1.82) is 0 Å². The van der Waals surface area contributed by atoms with Crippen LogP contribution < -0.4 is 0 Å². The first-order valence-electron chi connectivity index (χ1n) is 20.4. The van der Waals surface area contributed by atoms with Gasteiger partial charge in [0, 0.05) is 49.6 Å². The van der Waals surface area contributed by atoms with E-state index in [1.165, 1.54) is 49.1 Å². The SMILES string of the molecule is c1ccc(-c2cccc(-n3c4cc(-c5nc(-c6ccccc6)cc(-c6ccccc6)n5)ccc4c4cc5c(cc43)c3c4ccccc4ccc3n5-c3ccccc3)c2)cc1. The van der Waals surface area contributed by atoms with Crippen LogP contribution >= 0.6 is 0 Å². The van der Waals surface area contributed by atoms with Crippen LogP contribution in [0.1, 0.15) is 0 Å². The normalized spacial score (nSPS) is 11.7. The molecule has 0 bridgehead atoms. The molecular weight excluding hydrogens is 729 g/mol. The van der Waals surface area contributed by atoms with Crippen molar-refractivity contribution in [2.24, 2.45) is 0 Å². The lowest BCUT2D eigenvalue weighted by Crippen LogP contribution is -1.97. The molecule has 0 saturated carbocycles. The first kappa shape index (κ1) is 34.0. The monoisotopic (exact) mass is 764 g/mol. The minimum atomic E-state index is 0.685. The van der Waals surface area contributed by atoms with Crippen LogP contribution in [0, 0.1) is 0 Å². The van der Waals surface area contributed by atoms with Gasteiger partial charge in [-0.15, -0.1) is 0 Å². The summed E-state index contributed by atoms with van der Waals surface area (Å²) in [4.78, 5) is 10.5. The molecule has 0 aliphatic heterocycles. The molecule has 3 aromatic heterocycles. The van der Waals surface area contributed by atoms with Crippen molar-refractivity contribution in [1.82, 2.24) is 19.1 Å². The van der Waals surface area contributed by atoms with Crippen LogP contribution in [0.2, 0.25) is 0 Å². The summed E-state index contributed by atoms with van der Waals surface area (Å²) < 4.78 is 4.87. The van der Waals surface area contributed by atoms with Crippen molar-refractivity contribution in [3.8, 4) is 56.4 Å². The molecule has 0 unspecified atom stereocenters. The van der Waals surface area contributed by atoms with Gasteiger partial charge < -0.3 is 9.13 Å². The molecule has 0 radical (unpaired) electrons. The number of hydrogen-bond acceptors (Lipinski definition) is 2. The van der Waals surface area contributed by atoms with E-state index in [0.717, 1.165) is 55.9 Å². The fourth-order valence-corrected chi connectivity index (χ4v) is 9.11. The molecule has 0 fully saturated rings. The first-order valence-corrected chi connectivity index (χ1v) is 20.4. The molecular formula is C56H36N4. The highest BCUT2D eigenvalue weighted by Gasteiger charge is 2.21. The zero-order valence-corrected chi connectivity index (χ0v) is 32.6. The molecule has 0 saturated heterocycles. The van der Waals surface area contributed by atoms with Crippen LogP contribution in [-0.2, 0) is 0 Å². The van der Waals surface area contributed by atoms with Crippen LogP contribution in [0.15, 0.2) is 218 Å². The molecule has 0 atom stereocenters. The van der Waals surface area contributed by atoms with Crippen molar-refractivity contribution in [3.63, 3.8) is 0 Å². The Hall–Kier alpha value is -8.08. The van der Waals surface area contributed by atoms with Crippen molar-refractivity contribution in [2.45, 2.75) is 0 Å². The summed E-state index contributed by atoms with van der Waals surface area (Å²) in [5.41, 5.74) is 14.0. The summed E-state index contributed by atoms with van der Waals surface area (Å²) in [6.07, 6.45) is 0. The second-order valence-corrected chi connectivity index (χ2v) is 15.4. The van der Waals surface area contributed by atoms with Crippen molar-refractivity contribution in [2.75, 3.05) is 0 Å². The Kier molecular flexibility index (Phi) is 7.82. The molecule has 0 N–H and O–H groups in total. The van der Waals surface area contributed by atoms with E-state index in [4.69, 9.17) is 9.97 Å². The third-order valence-electron chi connectivity index (χ3n) is 11.9. The summed E-state index contributed by atoms with van der Waals surface area (Å²) in [6.45, 7) is 0. The maximum Gasteiger partial charge on any atom is 0.160 e. The standard InChI is InChI=1S/C56H36N4/c1-5-16-37(17-6-1)41-23-15-26-44(32-41)60-52-33-42(56-57-49(39-19-7-2-8-20-39)36-50(58-56)40-21-9-3-10-22-40)28-30-46(52)47-34-54-48(35-53(47)60)55-45-27-14-13-18-38(45)29-31-51(55)59(54)43-24-11-4-12-25-43/h1-36H. The number of fused-ring (bicyclic) bond motifs is 8. The summed E-state index contributed by atoms with van der Waals surface area (Å²) in [7, 11) is 0. The van der Waals surface area contributed by atoms with Gasteiger partial charge in [-0.2, -0.15) is 0 Å². The van der Waals surface area contributed by atoms with E-state index in [1.54, 1.807) is 0 Å². The van der Waals surface area contributed by atoms with Gasteiger partial charge in [-0.1, -0.05) is 164 Å². The predicted octanol–water partition coefficient (Wildman–Crippen LogP) is 14.5. The van der Waals surface area contributed by atoms with Gasteiger partial charge in [0.2, 0.25) is 0 Å². The smallest absolute Gasteiger partial charge is 0.160 e.